The number of nitrogens with two attached hydrogens (primary N) is 1. The van der Waals surface area contributed by atoms with Crippen molar-refractivity contribution in [1.82, 2.24) is 4.72 Å². The van der Waals surface area contributed by atoms with E-state index < -0.39 is 10.0 Å². The normalized spacial score (nSPS) is 11.6. The summed E-state index contributed by atoms with van der Waals surface area (Å²) in [6, 6.07) is 4.02. The van der Waals surface area contributed by atoms with Gasteiger partial charge in [-0.2, -0.15) is 0 Å². The molecule has 0 heterocycles. The molecule has 1 aromatic rings. The molecule has 5 nitrogen and oxygen atoms in total. The number of hydrogen-bond donors (Lipinski definition) is 3. The van der Waals surface area contributed by atoms with Crippen LogP contribution in [0.4, 0.5) is 5.69 Å². The summed E-state index contributed by atoms with van der Waals surface area (Å²) in [4.78, 5) is 0.0233. The maximum Gasteiger partial charge on any atom is 0.240 e. The predicted octanol–water partition coefficient (Wildman–Crippen LogP) is 0.193. The molecule has 0 aliphatic heterocycles. The number of anilines is 1. The van der Waals surface area contributed by atoms with Crippen LogP contribution in [0.15, 0.2) is 23.1 Å². The molecule has 4 N–H and O–H groups in total. The summed E-state index contributed by atoms with van der Waals surface area (Å²) in [5, 5.41) is 8.68. The average Bonchev–Trinajstić information content (AvgIpc) is 2.19. The number of aliphatic hydroxyl groups excluding tert-OH is 1. The van der Waals surface area contributed by atoms with Gasteiger partial charge in [0, 0.05) is 6.54 Å². The van der Waals surface area contributed by atoms with Gasteiger partial charge in [-0.1, -0.05) is 11.6 Å². The molecular weight excluding hydrogens is 240 g/mol. The van der Waals surface area contributed by atoms with Crippen molar-refractivity contribution in [2.75, 3.05) is 18.9 Å². The van der Waals surface area contributed by atoms with Crippen LogP contribution in [-0.4, -0.2) is 26.7 Å². The van der Waals surface area contributed by atoms with Crippen LogP contribution in [0.25, 0.3) is 0 Å². The molecule has 0 amide bonds. The van der Waals surface area contributed by atoms with Crippen LogP contribution < -0.4 is 10.5 Å². The molecule has 1 rings (SSSR count). The van der Waals surface area contributed by atoms with Gasteiger partial charge in [0.2, 0.25) is 10.0 Å². The number of benzene rings is 1. The third kappa shape index (κ3) is 3.07. The smallest absolute Gasteiger partial charge is 0.240 e. The van der Waals surface area contributed by atoms with Crippen LogP contribution in [0.1, 0.15) is 0 Å². The van der Waals surface area contributed by atoms with Crippen molar-refractivity contribution in [2.45, 2.75) is 4.90 Å². The number of hydrogen-bond acceptors (Lipinski definition) is 4. The van der Waals surface area contributed by atoms with E-state index >= 15 is 0 Å². The number of nitrogens with one attached hydrogen (secondary N) is 1. The van der Waals surface area contributed by atoms with Crippen molar-refractivity contribution in [2.24, 2.45) is 0 Å². The molecule has 0 fully saturated rings. The second kappa shape index (κ2) is 4.80. The van der Waals surface area contributed by atoms with Crippen molar-refractivity contribution in [3.63, 3.8) is 0 Å². The van der Waals surface area contributed by atoms with E-state index in [1.807, 2.05) is 0 Å². The molecule has 1 aromatic carbocycles. The summed E-state index contributed by atoms with van der Waals surface area (Å²) < 4.78 is 25.3. The lowest BCUT2D eigenvalue weighted by Crippen LogP contribution is -2.26. The molecule has 0 aliphatic rings. The number of sulfonamides is 1. The van der Waals surface area contributed by atoms with Gasteiger partial charge in [0.05, 0.1) is 22.2 Å². The molecule has 0 unspecified atom stereocenters. The maximum absolute atomic E-state index is 11.5. The average molecular weight is 251 g/mol. The fraction of sp³-hybridized carbons (Fsp3) is 0.250. The first-order valence-electron chi connectivity index (χ1n) is 4.13. The van der Waals surface area contributed by atoms with Gasteiger partial charge < -0.3 is 10.8 Å². The number of halogens is 1. The first-order valence-corrected chi connectivity index (χ1v) is 5.99. The van der Waals surface area contributed by atoms with E-state index in [1.165, 1.54) is 18.2 Å². The largest absolute Gasteiger partial charge is 0.398 e. The summed E-state index contributed by atoms with van der Waals surface area (Å²) >= 11 is 5.69. The lowest BCUT2D eigenvalue weighted by atomic mass is 10.3. The summed E-state index contributed by atoms with van der Waals surface area (Å²) in [6.07, 6.45) is 0. The minimum absolute atomic E-state index is 0.0233. The maximum atomic E-state index is 11.5. The highest BCUT2D eigenvalue weighted by Crippen LogP contribution is 2.22. The minimum Gasteiger partial charge on any atom is -0.398 e. The number of aliphatic hydroxyl groups is 1. The highest BCUT2D eigenvalue weighted by atomic mass is 35.5. The van der Waals surface area contributed by atoms with Gasteiger partial charge in [-0.15, -0.1) is 0 Å². The fourth-order valence-electron chi connectivity index (χ4n) is 0.938. The quantitative estimate of drug-likeness (QED) is 0.666. The van der Waals surface area contributed by atoms with Gasteiger partial charge in [0.25, 0.3) is 0 Å². The van der Waals surface area contributed by atoms with Gasteiger partial charge in [0.1, 0.15) is 0 Å². The highest BCUT2D eigenvalue weighted by molar-refractivity contribution is 7.89. The zero-order chi connectivity index (χ0) is 11.5. The monoisotopic (exact) mass is 250 g/mol. The first-order chi connectivity index (χ1) is 6.97. The van der Waals surface area contributed by atoms with Gasteiger partial charge in [0.15, 0.2) is 0 Å². The first kappa shape index (κ1) is 12.3. The topological polar surface area (TPSA) is 92.4 Å². The molecule has 0 bridgehead atoms. The molecule has 7 heteroatoms. The second-order valence-electron chi connectivity index (χ2n) is 2.80. The Morgan fingerprint density at radius 1 is 1.47 bits per heavy atom. The van der Waals surface area contributed by atoms with E-state index in [1.54, 1.807) is 0 Å². The van der Waals surface area contributed by atoms with Gasteiger partial charge in [-0.25, -0.2) is 13.1 Å². The van der Waals surface area contributed by atoms with Crippen LogP contribution in [0.3, 0.4) is 0 Å². The Balaban J connectivity index is 3.00. The van der Waals surface area contributed by atoms with Crippen molar-refractivity contribution in [3.05, 3.63) is 23.2 Å². The molecular formula is C8H11ClN2O3S. The number of nitrogen functional groups attached to an aromatic ring is 1. The zero-order valence-electron chi connectivity index (χ0n) is 7.77. The Bertz CT molecular complexity index is 447. The Hall–Kier alpha value is -0.820. The molecule has 0 saturated heterocycles. The van der Waals surface area contributed by atoms with Crippen molar-refractivity contribution in [1.29, 1.82) is 0 Å². The molecule has 84 valence electrons. The Morgan fingerprint density at radius 3 is 2.67 bits per heavy atom. The van der Waals surface area contributed by atoms with Crippen molar-refractivity contribution < 1.29 is 13.5 Å². The van der Waals surface area contributed by atoms with Crippen LogP contribution in [-0.2, 0) is 10.0 Å². The summed E-state index contributed by atoms with van der Waals surface area (Å²) in [5.41, 5.74) is 5.76. The van der Waals surface area contributed by atoms with E-state index in [9.17, 15) is 8.42 Å². The molecule has 0 aromatic heterocycles. The molecule has 0 atom stereocenters. The third-order valence-corrected chi connectivity index (χ3v) is 3.47. The van der Waals surface area contributed by atoms with Crippen LogP contribution in [0, 0.1) is 0 Å². The molecule has 0 saturated carbocycles. The summed E-state index contributed by atoms with van der Waals surface area (Å²) in [6.45, 7) is -0.299. The van der Waals surface area contributed by atoms with Gasteiger partial charge in [-0.05, 0) is 18.2 Å². The standard InChI is InChI=1S/C8H11ClN2O3S/c9-7-5-6(1-2-8(7)10)15(13,14)11-3-4-12/h1-2,5,11-12H,3-4,10H2. The lowest BCUT2D eigenvalue weighted by molar-refractivity contribution is 0.301. The Morgan fingerprint density at radius 2 is 2.13 bits per heavy atom. The zero-order valence-corrected chi connectivity index (χ0v) is 9.35. The van der Waals surface area contributed by atoms with Crippen LogP contribution in [0.2, 0.25) is 5.02 Å². The van der Waals surface area contributed by atoms with E-state index in [2.05, 4.69) is 4.72 Å². The van der Waals surface area contributed by atoms with Crippen LogP contribution >= 0.6 is 11.6 Å². The molecule has 0 spiro atoms. The number of rotatable bonds is 4. The summed E-state index contributed by atoms with van der Waals surface area (Å²) in [5.74, 6) is 0. The van der Waals surface area contributed by atoms with Gasteiger partial charge in [-0.3, -0.25) is 0 Å². The lowest BCUT2D eigenvalue weighted by Gasteiger charge is -2.06. The second-order valence-corrected chi connectivity index (χ2v) is 4.98. The Labute approximate surface area is 92.9 Å². The third-order valence-electron chi connectivity index (χ3n) is 1.69. The van der Waals surface area contributed by atoms with E-state index in [0.29, 0.717) is 5.69 Å². The Kier molecular flexibility index (Phi) is 3.92. The molecule has 15 heavy (non-hydrogen) atoms. The minimum atomic E-state index is -3.61. The van der Waals surface area contributed by atoms with Crippen molar-refractivity contribution >= 4 is 27.3 Å². The van der Waals surface area contributed by atoms with Crippen LogP contribution in [0.5, 0.6) is 0 Å². The van der Waals surface area contributed by atoms with Crippen molar-refractivity contribution in [3.8, 4) is 0 Å². The molecule has 0 radical (unpaired) electrons. The fourth-order valence-corrected chi connectivity index (χ4v) is 2.23. The van der Waals surface area contributed by atoms with E-state index in [4.69, 9.17) is 22.4 Å². The summed E-state index contributed by atoms with van der Waals surface area (Å²) in [7, 11) is -3.61. The van der Waals surface area contributed by atoms with E-state index in [-0.39, 0.29) is 23.1 Å². The molecule has 0 aliphatic carbocycles. The predicted molar refractivity (Wildman–Crippen MR) is 58.1 cm³/mol. The van der Waals surface area contributed by atoms with Gasteiger partial charge >= 0.3 is 0 Å². The van der Waals surface area contributed by atoms with E-state index in [0.717, 1.165) is 0 Å². The SMILES string of the molecule is Nc1ccc(S(=O)(=O)NCCO)cc1Cl. The highest BCUT2D eigenvalue weighted by Gasteiger charge is 2.13.